The van der Waals surface area contributed by atoms with Crippen LogP contribution < -0.4 is 15.4 Å². The molecule has 8 nitrogen and oxygen atoms in total. The Labute approximate surface area is 232 Å². The van der Waals surface area contributed by atoms with Gasteiger partial charge in [-0.15, -0.1) is 0 Å². The number of anilines is 1. The monoisotopic (exact) mass is 549 g/mol. The topological polar surface area (TPSA) is 97.0 Å². The van der Waals surface area contributed by atoms with E-state index in [0.29, 0.717) is 16.5 Å². The summed E-state index contributed by atoms with van der Waals surface area (Å²) in [5.41, 5.74) is 0.0680. The minimum absolute atomic E-state index is 0.0636. The van der Waals surface area contributed by atoms with Crippen LogP contribution in [-0.4, -0.2) is 53.5 Å². The molecule has 2 saturated heterocycles. The molecular weight excluding hydrogens is 518 g/mol. The Kier molecular flexibility index (Phi) is 6.85. The molecule has 1 spiro atoms. The van der Waals surface area contributed by atoms with Crippen LogP contribution in [0.2, 0.25) is 5.02 Å². The number of amides is 3. The maximum absolute atomic E-state index is 14.2. The molecule has 9 heteroatoms. The summed E-state index contributed by atoms with van der Waals surface area (Å²) in [6.07, 6.45) is 8.17. The highest BCUT2D eigenvalue weighted by molar-refractivity contribution is 6.31. The van der Waals surface area contributed by atoms with E-state index in [4.69, 9.17) is 21.1 Å². The van der Waals surface area contributed by atoms with Gasteiger partial charge in [-0.05, 0) is 36.6 Å². The van der Waals surface area contributed by atoms with Crippen LogP contribution in [0.4, 0.5) is 5.69 Å². The van der Waals surface area contributed by atoms with E-state index in [1.165, 1.54) is 0 Å². The summed E-state index contributed by atoms with van der Waals surface area (Å²) in [7, 11) is 1.56. The van der Waals surface area contributed by atoms with Crippen LogP contribution in [0.25, 0.3) is 0 Å². The molecular formula is C30H32ClN3O5. The number of hydrogen-bond donors (Lipinski definition) is 2. The minimum Gasteiger partial charge on any atom is -0.497 e. The molecule has 5 atom stereocenters. The van der Waals surface area contributed by atoms with E-state index in [2.05, 4.69) is 10.6 Å². The van der Waals surface area contributed by atoms with Gasteiger partial charge in [-0.3, -0.25) is 14.4 Å². The van der Waals surface area contributed by atoms with Gasteiger partial charge in [0.25, 0.3) is 0 Å². The normalized spacial score (nSPS) is 29.4. The standard InChI is InChI=1S/C30H32ClN3O5/c1-38-21-12-7-11-20(16-21)33-27(35)24-23-14-15-30(39-23)25(24)29(37)34(17-18-8-5-6-13-22(18)31)26(30)28(36)32-19-9-3-2-4-10-19/h5-8,11-16,19,23-26H,2-4,9-10,17H2,1H3,(H,32,36)(H,33,35)/t23-,24-,25-,26-,30-/m1/s1. The maximum atomic E-state index is 14.2. The van der Waals surface area contributed by atoms with Crippen molar-refractivity contribution in [1.82, 2.24) is 10.2 Å². The fraction of sp³-hybridized carbons (Fsp3) is 0.433. The number of methoxy groups -OCH3 is 1. The van der Waals surface area contributed by atoms with Crippen LogP contribution in [0, 0.1) is 11.8 Å². The number of hydrogen-bond acceptors (Lipinski definition) is 5. The molecule has 3 heterocycles. The average molecular weight is 550 g/mol. The van der Waals surface area contributed by atoms with Gasteiger partial charge in [0.05, 0.1) is 25.0 Å². The molecule has 3 aliphatic heterocycles. The lowest BCUT2D eigenvalue weighted by Crippen LogP contribution is -2.56. The van der Waals surface area contributed by atoms with E-state index in [9.17, 15) is 14.4 Å². The molecule has 1 aliphatic carbocycles. The van der Waals surface area contributed by atoms with Crippen LogP contribution in [-0.2, 0) is 25.7 Å². The van der Waals surface area contributed by atoms with Gasteiger partial charge in [0, 0.05) is 29.4 Å². The SMILES string of the molecule is COc1cccc(NC(=O)[C@@H]2[C@H]3C=C[C@@]4(O3)[C@H]2C(=O)N(Cc2ccccc2Cl)[C@@H]4C(=O)NC2CCCCC2)c1. The van der Waals surface area contributed by atoms with Crippen molar-refractivity contribution in [2.24, 2.45) is 11.8 Å². The second kappa shape index (κ2) is 10.3. The van der Waals surface area contributed by atoms with Crippen molar-refractivity contribution in [2.45, 2.75) is 62.4 Å². The highest BCUT2D eigenvalue weighted by atomic mass is 35.5. The summed E-state index contributed by atoms with van der Waals surface area (Å²) in [6, 6.07) is 13.5. The first-order chi connectivity index (χ1) is 18.9. The minimum atomic E-state index is -1.22. The molecule has 0 radical (unpaired) electrons. The van der Waals surface area contributed by atoms with Crippen molar-refractivity contribution in [3.05, 3.63) is 71.3 Å². The number of carbonyl (C=O) groups is 3. The summed E-state index contributed by atoms with van der Waals surface area (Å²) in [5.74, 6) is -1.86. The highest BCUT2D eigenvalue weighted by Gasteiger charge is 2.72. The van der Waals surface area contributed by atoms with Crippen LogP contribution in [0.15, 0.2) is 60.7 Å². The molecule has 39 heavy (non-hydrogen) atoms. The van der Waals surface area contributed by atoms with Gasteiger partial charge in [-0.2, -0.15) is 0 Å². The number of nitrogens with one attached hydrogen (secondary N) is 2. The van der Waals surface area contributed by atoms with Gasteiger partial charge in [0.15, 0.2) is 0 Å². The van der Waals surface area contributed by atoms with Gasteiger partial charge < -0.3 is 25.0 Å². The number of rotatable bonds is 7. The van der Waals surface area contributed by atoms with Gasteiger partial charge >= 0.3 is 0 Å². The molecule has 6 rings (SSSR count). The smallest absolute Gasteiger partial charge is 0.246 e. The number of halogens is 1. The third-order valence-electron chi connectivity index (χ3n) is 8.51. The van der Waals surface area contributed by atoms with E-state index in [-0.39, 0.29) is 30.3 Å². The van der Waals surface area contributed by atoms with E-state index < -0.39 is 29.6 Å². The zero-order valence-electron chi connectivity index (χ0n) is 21.8. The molecule has 2 aromatic carbocycles. The zero-order valence-corrected chi connectivity index (χ0v) is 22.5. The fourth-order valence-electron chi connectivity index (χ4n) is 6.70. The summed E-state index contributed by atoms with van der Waals surface area (Å²) in [6.45, 7) is 0.144. The second-order valence-corrected chi connectivity index (χ2v) is 11.2. The summed E-state index contributed by atoms with van der Waals surface area (Å²) < 4.78 is 11.7. The Hall–Kier alpha value is -3.36. The Morgan fingerprint density at radius 2 is 1.90 bits per heavy atom. The first kappa shape index (κ1) is 25.9. The van der Waals surface area contributed by atoms with Crippen molar-refractivity contribution in [3.8, 4) is 5.75 Å². The second-order valence-electron chi connectivity index (χ2n) is 10.8. The van der Waals surface area contributed by atoms with Crippen LogP contribution >= 0.6 is 11.6 Å². The number of carbonyl (C=O) groups excluding carboxylic acids is 3. The molecule has 1 saturated carbocycles. The van der Waals surface area contributed by atoms with Crippen LogP contribution in [0.3, 0.4) is 0 Å². The molecule has 4 aliphatic rings. The van der Waals surface area contributed by atoms with Gasteiger partial charge in [0.2, 0.25) is 17.7 Å². The molecule has 3 amide bonds. The molecule has 2 N–H and O–H groups in total. The quantitative estimate of drug-likeness (QED) is 0.507. The molecule has 2 bridgehead atoms. The largest absolute Gasteiger partial charge is 0.497 e. The van der Waals surface area contributed by atoms with Crippen molar-refractivity contribution in [2.75, 3.05) is 12.4 Å². The third-order valence-corrected chi connectivity index (χ3v) is 8.88. The number of ether oxygens (including phenoxy) is 2. The Bertz CT molecular complexity index is 1330. The Morgan fingerprint density at radius 3 is 2.67 bits per heavy atom. The average Bonchev–Trinajstić information content (AvgIpc) is 3.58. The van der Waals surface area contributed by atoms with Crippen LogP contribution in [0.5, 0.6) is 5.75 Å². The van der Waals surface area contributed by atoms with E-state index in [0.717, 1.165) is 37.7 Å². The Morgan fingerprint density at radius 1 is 1.10 bits per heavy atom. The van der Waals surface area contributed by atoms with Gasteiger partial charge in [-0.1, -0.05) is 67.3 Å². The first-order valence-electron chi connectivity index (χ1n) is 13.6. The molecule has 0 aromatic heterocycles. The van der Waals surface area contributed by atoms with Gasteiger partial charge in [-0.25, -0.2) is 0 Å². The van der Waals surface area contributed by atoms with Crippen molar-refractivity contribution >= 4 is 35.0 Å². The maximum Gasteiger partial charge on any atom is 0.246 e. The third kappa shape index (κ3) is 4.49. The van der Waals surface area contributed by atoms with E-state index >= 15 is 0 Å². The molecule has 0 unspecified atom stereocenters. The molecule has 204 valence electrons. The zero-order chi connectivity index (χ0) is 27.1. The number of nitrogens with zero attached hydrogens (tertiary/aromatic N) is 1. The lowest BCUT2D eigenvalue weighted by atomic mass is 9.74. The van der Waals surface area contributed by atoms with Crippen molar-refractivity contribution in [3.63, 3.8) is 0 Å². The number of benzene rings is 2. The summed E-state index contributed by atoms with van der Waals surface area (Å²) >= 11 is 6.47. The predicted octanol–water partition coefficient (Wildman–Crippen LogP) is 4.09. The molecule has 2 aromatic rings. The summed E-state index contributed by atoms with van der Waals surface area (Å²) in [4.78, 5) is 43.3. The summed E-state index contributed by atoms with van der Waals surface area (Å²) in [5, 5.41) is 6.65. The van der Waals surface area contributed by atoms with Gasteiger partial charge in [0.1, 0.15) is 17.4 Å². The van der Waals surface area contributed by atoms with E-state index in [1.807, 2.05) is 30.4 Å². The van der Waals surface area contributed by atoms with Crippen LogP contribution in [0.1, 0.15) is 37.7 Å². The lowest BCUT2D eigenvalue weighted by molar-refractivity contribution is -0.142. The van der Waals surface area contributed by atoms with E-state index in [1.54, 1.807) is 42.3 Å². The Balaban J connectivity index is 1.33. The number of fused-ring (bicyclic) bond motifs is 1. The fourth-order valence-corrected chi connectivity index (χ4v) is 6.90. The predicted molar refractivity (Wildman–Crippen MR) is 146 cm³/mol. The molecule has 3 fully saturated rings. The number of likely N-dealkylation sites (tertiary alicyclic amines) is 1. The highest BCUT2D eigenvalue weighted by Crippen LogP contribution is 2.55. The lowest BCUT2D eigenvalue weighted by Gasteiger charge is -2.34. The van der Waals surface area contributed by atoms with Crippen molar-refractivity contribution < 1.29 is 23.9 Å². The first-order valence-corrected chi connectivity index (χ1v) is 14.0. The van der Waals surface area contributed by atoms with Crippen molar-refractivity contribution in [1.29, 1.82) is 0 Å².